The third-order valence-electron chi connectivity index (χ3n) is 9.52. The summed E-state index contributed by atoms with van der Waals surface area (Å²) in [6.45, 7) is 8.43. The molecule has 0 saturated heterocycles. The van der Waals surface area contributed by atoms with Gasteiger partial charge < -0.3 is 14.9 Å². The van der Waals surface area contributed by atoms with Gasteiger partial charge in [-0.05, 0) is 67.0 Å². The summed E-state index contributed by atoms with van der Waals surface area (Å²) in [4.78, 5) is 0. The maximum absolute atomic E-state index is 6.54. The predicted molar refractivity (Wildman–Crippen MR) is 226 cm³/mol. The van der Waals surface area contributed by atoms with Crippen molar-refractivity contribution in [3.05, 3.63) is 200 Å². The van der Waals surface area contributed by atoms with E-state index >= 15 is 0 Å². The summed E-state index contributed by atoms with van der Waals surface area (Å²) in [6, 6.07) is 42.3. The molecule has 0 spiro atoms. The number of nitrogens with zero attached hydrogens (tertiary/aromatic N) is 2. The first-order valence-electron chi connectivity index (χ1n) is 17.8. The summed E-state index contributed by atoms with van der Waals surface area (Å²) in [6.07, 6.45) is 20.5. The molecule has 2 aromatic heterocycles. The second-order valence-electron chi connectivity index (χ2n) is 12.8. The van der Waals surface area contributed by atoms with Gasteiger partial charge in [0.15, 0.2) is 0 Å². The van der Waals surface area contributed by atoms with Crippen LogP contribution in [-0.2, 0) is 0 Å². The number of nitrogens with two attached hydrogens (primary N) is 1. The molecule has 4 heteroatoms. The van der Waals surface area contributed by atoms with Crippen molar-refractivity contribution in [2.75, 3.05) is 7.05 Å². The van der Waals surface area contributed by atoms with E-state index in [2.05, 4.69) is 161 Å². The summed E-state index contributed by atoms with van der Waals surface area (Å²) < 4.78 is 4.74. The van der Waals surface area contributed by atoms with Crippen molar-refractivity contribution in [2.24, 2.45) is 5.73 Å². The van der Waals surface area contributed by atoms with E-state index in [0.717, 1.165) is 52.0 Å². The van der Waals surface area contributed by atoms with Gasteiger partial charge in [-0.1, -0.05) is 152 Å². The molecular formula is C48H44N4. The van der Waals surface area contributed by atoms with Crippen molar-refractivity contribution in [1.82, 2.24) is 14.5 Å². The van der Waals surface area contributed by atoms with E-state index < -0.39 is 0 Å². The van der Waals surface area contributed by atoms with Crippen molar-refractivity contribution in [3.8, 4) is 0 Å². The molecule has 5 aromatic carbocycles. The molecule has 7 aromatic rings. The molecule has 0 bridgehead atoms. The number of rotatable bonds is 13. The molecule has 0 amide bonds. The Kier molecular flexibility index (Phi) is 10.3. The van der Waals surface area contributed by atoms with Gasteiger partial charge in [0.2, 0.25) is 0 Å². The second kappa shape index (κ2) is 15.7. The SMILES string of the molecule is C=CC/C=C\C(=C)n1c2ccccc2c2ccc3c4ccccc4n(C(/C=C\C=C\C/C=C(\C=C(/N)c4ccccc4)c4ccccc4)NC)c3c21. The largest absolute Gasteiger partial charge is 0.398 e. The summed E-state index contributed by atoms with van der Waals surface area (Å²) in [5.41, 5.74) is 16.1. The van der Waals surface area contributed by atoms with Gasteiger partial charge in [0, 0.05) is 32.9 Å². The van der Waals surface area contributed by atoms with Crippen molar-refractivity contribution in [3.63, 3.8) is 0 Å². The van der Waals surface area contributed by atoms with E-state index in [0.29, 0.717) is 0 Å². The zero-order valence-electron chi connectivity index (χ0n) is 29.6. The van der Waals surface area contributed by atoms with E-state index in [4.69, 9.17) is 5.73 Å². The van der Waals surface area contributed by atoms with Crippen LogP contribution in [0.25, 0.3) is 60.6 Å². The molecule has 0 aliphatic rings. The van der Waals surface area contributed by atoms with Crippen LogP contribution in [0.3, 0.4) is 0 Å². The summed E-state index contributed by atoms with van der Waals surface area (Å²) in [5.74, 6) is 0. The number of nitrogens with one attached hydrogen (secondary N) is 1. The number of likely N-dealkylation sites (N-methyl/N-ethyl adjacent to an activating group) is 1. The maximum atomic E-state index is 6.54. The highest BCUT2D eigenvalue weighted by molar-refractivity contribution is 6.23. The lowest BCUT2D eigenvalue weighted by Crippen LogP contribution is -2.21. The van der Waals surface area contributed by atoms with E-state index in [9.17, 15) is 0 Å². The van der Waals surface area contributed by atoms with Gasteiger partial charge in [0.1, 0.15) is 6.17 Å². The second-order valence-corrected chi connectivity index (χ2v) is 12.8. The molecule has 0 aliphatic heterocycles. The molecule has 256 valence electrons. The fourth-order valence-corrected chi connectivity index (χ4v) is 7.10. The van der Waals surface area contributed by atoms with Gasteiger partial charge in [0.25, 0.3) is 0 Å². The van der Waals surface area contributed by atoms with E-state index in [1.165, 1.54) is 32.6 Å². The average molecular weight is 677 g/mol. The highest BCUT2D eigenvalue weighted by Crippen LogP contribution is 2.41. The Bertz CT molecular complexity index is 2540. The molecule has 0 fully saturated rings. The molecule has 4 nitrogen and oxygen atoms in total. The Morgan fingerprint density at radius 1 is 0.692 bits per heavy atom. The Labute approximate surface area is 306 Å². The van der Waals surface area contributed by atoms with Gasteiger partial charge >= 0.3 is 0 Å². The lowest BCUT2D eigenvalue weighted by atomic mass is 10.0. The van der Waals surface area contributed by atoms with E-state index in [1.807, 2.05) is 49.5 Å². The van der Waals surface area contributed by atoms with Gasteiger partial charge in [-0.2, -0.15) is 0 Å². The molecule has 3 N–H and O–H groups in total. The molecule has 1 unspecified atom stereocenters. The minimum absolute atomic E-state index is 0.113. The average Bonchev–Trinajstić information content (AvgIpc) is 3.71. The zero-order chi connectivity index (χ0) is 35.9. The number of fused-ring (bicyclic) bond motifs is 7. The lowest BCUT2D eigenvalue weighted by molar-refractivity contribution is 0.559. The van der Waals surface area contributed by atoms with Crippen molar-refractivity contribution < 1.29 is 0 Å². The molecule has 52 heavy (non-hydrogen) atoms. The summed E-state index contributed by atoms with van der Waals surface area (Å²) in [5, 5.41) is 8.43. The number of benzene rings is 5. The monoisotopic (exact) mass is 676 g/mol. The Balaban J connectivity index is 1.28. The Morgan fingerprint density at radius 3 is 2.00 bits per heavy atom. The molecule has 0 saturated carbocycles. The molecule has 0 radical (unpaired) electrons. The highest BCUT2D eigenvalue weighted by atomic mass is 15.2. The fourth-order valence-electron chi connectivity index (χ4n) is 7.10. The predicted octanol–water partition coefficient (Wildman–Crippen LogP) is 11.8. The first-order valence-corrected chi connectivity index (χ1v) is 17.8. The molecule has 0 aliphatic carbocycles. The minimum atomic E-state index is -0.113. The van der Waals surface area contributed by atoms with Crippen molar-refractivity contribution >= 4 is 60.6 Å². The Hall–Kier alpha value is -6.36. The number of allylic oxidation sites excluding steroid dienone is 10. The van der Waals surface area contributed by atoms with E-state index in [1.54, 1.807) is 0 Å². The quantitative estimate of drug-likeness (QED) is 0.0943. The van der Waals surface area contributed by atoms with Gasteiger partial charge in [0.05, 0.1) is 22.1 Å². The number of hydrogen-bond acceptors (Lipinski definition) is 2. The summed E-state index contributed by atoms with van der Waals surface area (Å²) >= 11 is 0. The molecular weight excluding hydrogens is 633 g/mol. The summed E-state index contributed by atoms with van der Waals surface area (Å²) in [7, 11) is 2.02. The number of aromatic nitrogens is 2. The Morgan fingerprint density at radius 2 is 1.31 bits per heavy atom. The minimum Gasteiger partial charge on any atom is -0.398 e. The number of hydrogen-bond donors (Lipinski definition) is 2. The van der Waals surface area contributed by atoms with Crippen LogP contribution in [0, 0.1) is 0 Å². The van der Waals surface area contributed by atoms with Crippen LogP contribution >= 0.6 is 0 Å². The maximum Gasteiger partial charge on any atom is 0.104 e. The first-order chi connectivity index (χ1) is 25.6. The molecule has 1 atom stereocenters. The topological polar surface area (TPSA) is 47.9 Å². The van der Waals surface area contributed by atoms with Crippen LogP contribution in [0.15, 0.2) is 189 Å². The fraction of sp³-hybridized carbons (Fsp3) is 0.0833. The van der Waals surface area contributed by atoms with Crippen LogP contribution in [-0.4, -0.2) is 16.2 Å². The van der Waals surface area contributed by atoms with Crippen LogP contribution < -0.4 is 11.1 Å². The smallest absolute Gasteiger partial charge is 0.104 e. The molecule has 7 rings (SSSR count). The van der Waals surface area contributed by atoms with Crippen LogP contribution in [0.1, 0.15) is 30.1 Å². The third-order valence-corrected chi connectivity index (χ3v) is 9.52. The lowest BCUT2D eigenvalue weighted by Gasteiger charge is -2.19. The zero-order valence-corrected chi connectivity index (χ0v) is 29.6. The van der Waals surface area contributed by atoms with Crippen molar-refractivity contribution in [2.45, 2.75) is 19.0 Å². The van der Waals surface area contributed by atoms with Crippen LogP contribution in [0.2, 0.25) is 0 Å². The van der Waals surface area contributed by atoms with Gasteiger partial charge in [-0.15, -0.1) is 6.58 Å². The number of para-hydroxylation sites is 2. The van der Waals surface area contributed by atoms with Crippen LogP contribution in [0.5, 0.6) is 0 Å². The molecule has 2 heterocycles. The first kappa shape index (κ1) is 34.1. The van der Waals surface area contributed by atoms with Gasteiger partial charge in [-0.25, -0.2) is 0 Å². The highest BCUT2D eigenvalue weighted by Gasteiger charge is 2.22. The standard InChI is InChI=1S/C48H44N4/c1-4-5-10-21-35(2)51-44-29-19-17-27-39(44)41-32-33-42-40-28-18-20-30-45(40)52(48(42)47(41)51)46(50-3)31-16-7-6-11-26-38(36-22-12-8-13-23-36)34-43(49)37-24-14-9-15-25-37/h4,6-10,12-34,46,50H,1-2,5,11,49H2,3H3/b7-6+,21-10-,31-16-,38-26+,43-34-. The van der Waals surface area contributed by atoms with E-state index in [-0.39, 0.29) is 6.17 Å². The van der Waals surface area contributed by atoms with Gasteiger partial charge in [-0.3, -0.25) is 5.32 Å². The normalized spacial score (nSPS) is 13.5. The third kappa shape index (κ3) is 6.72. The van der Waals surface area contributed by atoms with Crippen molar-refractivity contribution in [1.29, 1.82) is 0 Å². The van der Waals surface area contributed by atoms with Crippen LogP contribution in [0.4, 0.5) is 0 Å².